The van der Waals surface area contributed by atoms with Crippen molar-refractivity contribution in [1.82, 2.24) is 5.32 Å². The molecule has 122 valence electrons. The van der Waals surface area contributed by atoms with Gasteiger partial charge in [0.25, 0.3) is 5.91 Å². The van der Waals surface area contributed by atoms with E-state index >= 15 is 0 Å². The van der Waals surface area contributed by atoms with Gasteiger partial charge in [-0.3, -0.25) is 4.79 Å². The number of nitrogens with two attached hydrogens (primary N) is 1. The average Bonchev–Trinajstić information content (AvgIpc) is 2.76. The summed E-state index contributed by atoms with van der Waals surface area (Å²) in [6, 6.07) is -0.185. The van der Waals surface area contributed by atoms with Crippen molar-refractivity contribution >= 4 is 5.91 Å². The van der Waals surface area contributed by atoms with Gasteiger partial charge in [-0.15, -0.1) is 0 Å². The Balaban J connectivity index is 1.74. The molecule has 2 aliphatic carbocycles. The largest absolute Gasteiger partial charge is 0.382 e. The van der Waals surface area contributed by atoms with E-state index in [2.05, 4.69) is 5.32 Å². The first-order chi connectivity index (χ1) is 10.2. The highest BCUT2D eigenvalue weighted by Crippen LogP contribution is 2.27. The third-order valence-corrected chi connectivity index (χ3v) is 5.21. The molecule has 0 bridgehead atoms. The van der Waals surface area contributed by atoms with E-state index in [0.717, 1.165) is 19.3 Å². The number of hydrogen-bond donors (Lipinski definition) is 3. The van der Waals surface area contributed by atoms with Crippen LogP contribution in [0.15, 0.2) is 0 Å². The van der Waals surface area contributed by atoms with Crippen molar-refractivity contribution < 1.29 is 9.90 Å². The van der Waals surface area contributed by atoms with Crippen LogP contribution < -0.4 is 11.1 Å². The van der Waals surface area contributed by atoms with Crippen molar-refractivity contribution in [2.75, 3.05) is 0 Å². The van der Waals surface area contributed by atoms with Crippen molar-refractivity contribution in [3.63, 3.8) is 0 Å². The smallest absolute Gasteiger partial charge is 0.250 e. The summed E-state index contributed by atoms with van der Waals surface area (Å²) in [4.78, 5) is 12.2. The number of aliphatic hydroxyl groups is 1. The summed E-state index contributed by atoms with van der Waals surface area (Å²) in [5.41, 5.74) is 6.07. The summed E-state index contributed by atoms with van der Waals surface area (Å²) < 4.78 is 0. The number of carbonyl (C=O) groups is 1. The van der Waals surface area contributed by atoms with E-state index in [0.29, 0.717) is 5.92 Å². The van der Waals surface area contributed by atoms with Crippen LogP contribution in [0.5, 0.6) is 0 Å². The first kappa shape index (κ1) is 16.8. The molecule has 0 aromatic rings. The molecule has 4 heteroatoms. The highest BCUT2D eigenvalue weighted by Gasteiger charge is 2.28. The molecular formula is C17H32N2O2. The Morgan fingerprint density at radius 2 is 1.52 bits per heavy atom. The van der Waals surface area contributed by atoms with Gasteiger partial charge in [0.05, 0.1) is 0 Å². The minimum atomic E-state index is -1.05. The van der Waals surface area contributed by atoms with Gasteiger partial charge in [-0.2, -0.15) is 0 Å². The number of aliphatic hydroxyl groups excluding tert-OH is 1. The van der Waals surface area contributed by atoms with Gasteiger partial charge in [0.2, 0.25) is 0 Å². The molecule has 4 nitrogen and oxygen atoms in total. The molecule has 2 rings (SSSR count). The summed E-state index contributed by atoms with van der Waals surface area (Å²) in [5, 5.41) is 13.2. The molecule has 2 aliphatic rings. The molecule has 0 spiro atoms. The van der Waals surface area contributed by atoms with E-state index in [1.54, 1.807) is 0 Å². The third-order valence-electron chi connectivity index (χ3n) is 5.21. The summed E-state index contributed by atoms with van der Waals surface area (Å²) in [6.07, 6.45) is 12.9. The Morgan fingerprint density at radius 1 is 1.00 bits per heavy atom. The molecule has 0 heterocycles. The van der Waals surface area contributed by atoms with Crippen molar-refractivity contribution in [1.29, 1.82) is 0 Å². The Labute approximate surface area is 128 Å². The summed E-state index contributed by atoms with van der Waals surface area (Å²) in [6.45, 7) is 0. The molecule has 0 radical (unpaired) electrons. The monoisotopic (exact) mass is 296 g/mol. The van der Waals surface area contributed by atoms with Crippen LogP contribution in [0.1, 0.15) is 77.0 Å². The van der Waals surface area contributed by atoms with Gasteiger partial charge in [-0.1, -0.05) is 57.8 Å². The first-order valence-corrected chi connectivity index (χ1v) is 8.91. The Morgan fingerprint density at radius 3 is 2.14 bits per heavy atom. The fourth-order valence-corrected chi connectivity index (χ4v) is 3.84. The van der Waals surface area contributed by atoms with Gasteiger partial charge in [0.15, 0.2) is 0 Å². The van der Waals surface area contributed by atoms with Crippen LogP contribution in [0, 0.1) is 5.92 Å². The van der Waals surface area contributed by atoms with Crippen LogP contribution in [0.4, 0.5) is 0 Å². The molecule has 21 heavy (non-hydrogen) atoms. The lowest BCUT2D eigenvalue weighted by Gasteiger charge is -2.27. The molecule has 2 saturated carbocycles. The van der Waals surface area contributed by atoms with Crippen LogP contribution in [0.3, 0.4) is 0 Å². The Bertz CT molecular complexity index is 308. The standard InChI is InChI=1S/C17H32N2O2/c18-15(12-13-8-4-3-5-9-13)16(20)17(21)19-14-10-6-1-2-7-11-14/h13-16,20H,1-12,18H2,(H,19,21)/t15-,16-/m1/s1. The zero-order valence-electron chi connectivity index (χ0n) is 13.2. The number of rotatable bonds is 5. The van der Waals surface area contributed by atoms with Crippen molar-refractivity contribution in [3.05, 3.63) is 0 Å². The Kier molecular flexibility index (Phi) is 6.97. The average molecular weight is 296 g/mol. The first-order valence-electron chi connectivity index (χ1n) is 8.91. The predicted octanol–water partition coefficient (Wildman–Crippen LogP) is 2.48. The lowest BCUT2D eigenvalue weighted by atomic mass is 9.84. The topological polar surface area (TPSA) is 75.3 Å². The molecule has 2 atom stereocenters. The fraction of sp³-hybridized carbons (Fsp3) is 0.941. The lowest BCUT2D eigenvalue weighted by Crippen LogP contribution is -2.49. The van der Waals surface area contributed by atoms with Crippen LogP contribution in [0.2, 0.25) is 0 Å². The van der Waals surface area contributed by atoms with E-state index in [-0.39, 0.29) is 11.9 Å². The number of amides is 1. The van der Waals surface area contributed by atoms with Crippen molar-refractivity contribution in [2.24, 2.45) is 11.7 Å². The van der Waals surface area contributed by atoms with Gasteiger partial charge in [0.1, 0.15) is 6.10 Å². The summed E-state index contributed by atoms with van der Waals surface area (Å²) in [7, 11) is 0. The third kappa shape index (κ3) is 5.59. The molecular weight excluding hydrogens is 264 g/mol. The number of hydrogen-bond acceptors (Lipinski definition) is 3. The van der Waals surface area contributed by atoms with Gasteiger partial charge in [-0.05, 0) is 25.2 Å². The van der Waals surface area contributed by atoms with Crippen LogP contribution in [-0.2, 0) is 4.79 Å². The molecule has 0 aliphatic heterocycles. The normalized spacial score (nSPS) is 25.0. The van der Waals surface area contributed by atoms with E-state index in [4.69, 9.17) is 5.73 Å². The van der Waals surface area contributed by atoms with E-state index < -0.39 is 12.1 Å². The van der Waals surface area contributed by atoms with Gasteiger partial charge < -0.3 is 16.2 Å². The number of nitrogens with one attached hydrogen (secondary N) is 1. The van der Waals surface area contributed by atoms with Gasteiger partial charge in [0, 0.05) is 12.1 Å². The predicted molar refractivity (Wildman–Crippen MR) is 84.8 cm³/mol. The minimum absolute atomic E-state index is 0.233. The summed E-state index contributed by atoms with van der Waals surface area (Å²) in [5.74, 6) is 0.333. The van der Waals surface area contributed by atoms with Gasteiger partial charge >= 0.3 is 0 Å². The van der Waals surface area contributed by atoms with Gasteiger partial charge in [-0.25, -0.2) is 0 Å². The fourth-order valence-electron chi connectivity index (χ4n) is 3.84. The second kappa shape index (κ2) is 8.74. The second-order valence-electron chi connectivity index (χ2n) is 7.05. The molecule has 0 aromatic heterocycles. The maximum Gasteiger partial charge on any atom is 0.250 e. The van der Waals surface area contributed by atoms with E-state index in [9.17, 15) is 9.90 Å². The summed E-state index contributed by atoms with van der Waals surface area (Å²) >= 11 is 0. The van der Waals surface area contributed by atoms with Crippen LogP contribution in [0.25, 0.3) is 0 Å². The molecule has 1 amide bonds. The highest BCUT2D eigenvalue weighted by molar-refractivity contribution is 5.81. The quantitative estimate of drug-likeness (QED) is 0.682. The number of carbonyl (C=O) groups excluding carboxylic acids is 1. The minimum Gasteiger partial charge on any atom is -0.382 e. The lowest BCUT2D eigenvalue weighted by molar-refractivity contribution is -0.131. The zero-order valence-corrected chi connectivity index (χ0v) is 13.2. The Hall–Kier alpha value is -0.610. The van der Waals surface area contributed by atoms with Crippen LogP contribution >= 0.6 is 0 Å². The zero-order chi connectivity index (χ0) is 15.1. The molecule has 2 fully saturated rings. The molecule has 0 aromatic carbocycles. The molecule has 0 unspecified atom stereocenters. The van der Waals surface area contributed by atoms with Crippen molar-refractivity contribution in [3.8, 4) is 0 Å². The SMILES string of the molecule is N[C@H](CC1CCCCC1)[C@@H](O)C(=O)NC1CCCCCC1. The van der Waals surface area contributed by atoms with Crippen molar-refractivity contribution in [2.45, 2.75) is 95.2 Å². The van der Waals surface area contributed by atoms with Crippen LogP contribution in [-0.4, -0.2) is 29.2 Å². The highest BCUT2D eigenvalue weighted by atomic mass is 16.3. The maximum atomic E-state index is 12.2. The maximum absolute atomic E-state index is 12.2. The van der Waals surface area contributed by atoms with E-state index in [1.165, 1.54) is 57.8 Å². The molecule has 0 saturated heterocycles. The van der Waals surface area contributed by atoms with E-state index in [1.807, 2.05) is 0 Å². The molecule has 4 N–H and O–H groups in total. The second-order valence-corrected chi connectivity index (χ2v) is 7.05.